The zero-order valence-corrected chi connectivity index (χ0v) is 79.0. The number of phenolic OH excluding ortho intramolecular Hbond substituents is 1. The molecule has 1 aromatic carbocycles. The van der Waals surface area contributed by atoms with Gasteiger partial charge in [-0.15, -0.1) is 0 Å². The molecule has 14 atom stereocenters. The largest absolute Gasteiger partial charge is 0.508 e. The number of guanidine groups is 2. The Morgan fingerprint density at radius 2 is 0.870 bits per heavy atom. The van der Waals surface area contributed by atoms with Gasteiger partial charge in [-0.1, -0.05) is 116 Å². The number of carbonyl (C=O) groups excluding carboxylic acids is 14. The number of aliphatic imine (C=N–C) groups is 2. The highest BCUT2D eigenvalue weighted by molar-refractivity contribution is 7.98. The molecule has 0 saturated carbocycles. The van der Waals surface area contributed by atoms with Crippen molar-refractivity contribution in [3.8, 4) is 5.75 Å². The van der Waals surface area contributed by atoms with Crippen LogP contribution in [0.2, 0.25) is 0 Å². The van der Waals surface area contributed by atoms with Crippen LogP contribution in [0.4, 0.5) is 0 Å². The number of Topliss-reactive ketones (excluding diaryl/α,β-unsaturated/α-hetero) is 6. The summed E-state index contributed by atoms with van der Waals surface area (Å²) < 4.78 is 0. The standard InChI is InChI=1S/C92H157N19O19S/c1-7-8-9-10-11-12-13-14-15-16-17-18-19-33-82(121)106-73(31-22-25-41-95)90(130)109-70(30-21-24-40-94)77(116)51-65(45-58(2)3)87(127)107-71(32-27-43-103-92(99)100)78(117)52-66(56-112)88(128)108-72(38-44-131-6)81(120)53-69(60(5)113)89(129)111-75(54-83(122)123)80(119)48-62(28-20-23-39-93)86(126)110-74(46-61-34-36-68(114)37-35-61)79(118)49-63(29-26-42-102-91(97)98)85(125)105-59(4)76(115)50-64(84(96)124)47-67-55-101-57-104-67/h34-37,55,57-60,62-66,69-75,112-114H,7-33,38-54,56,93-95H2,1-6H3,(H2,96,124)(H,101,104)(H,105,125)(H,106,121)(H,107,127)(H,108,128)(H,109,130)(H,110,126)(H,111,129)(H,122,123)(H4,97,98,102)(H4,99,100,103)/t59-,60+,62+,63+,64+,65+,66+,69-,70-,71-,72-,73-,74-,75-/m0/s1. The normalized spacial score (nSPS) is 14.6. The fourth-order valence-corrected chi connectivity index (χ4v) is 15.9. The number of aromatic nitrogens is 2. The number of primary amides is 1. The van der Waals surface area contributed by atoms with Crippen molar-refractivity contribution in [3.05, 3.63) is 48.0 Å². The number of aliphatic hydroxyl groups is 2. The maximum absolute atomic E-state index is 14.8. The third-order valence-electron chi connectivity index (χ3n) is 23.2. The maximum atomic E-state index is 14.8. The van der Waals surface area contributed by atoms with Gasteiger partial charge >= 0.3 is 5.97 Å². The van der Waals surface area contributed by atoms with Gasteiger partial charge in [0, 0.05) is 94.1 Å². The number of benzene rings is 1. The van der Waals surface area contributed by atoms with Gasteiger partial charge in [0.25, 0.3) is 0 Å². The zero-order valence-electron chi connectivity index (χ0n) is 78.2. The lowest BCUT2D eigenvalue weighted by atomic mass is 9.87. The lowest BCUT2D eigenvalue weighted by Crippen LogP contribution is -2.52. The minimum Gasteiger partial charge on any atom is -0.508 e. The van der Waals surface area contributed by atoms with Gasteiger partial charge in [0.1, 0.15) is 11.8 Å². The van der Waals surface area contributed by atoms with Crippen LogP contribution in [0, 0.1) is 41.4 Å². The van der Waals surface area contributed by atoms with Crippen LogP contribution in [0.5, 0.6) is 5.75 Å². The van der Waals surface area contributed by atoms with E-state index in [-0.39, 0.29) is 151 Å². The maximum Gasteiger partial charge on any atom is 0.305 e. The van der Waals surface area contributed by atoms with Crippen molar-refractivity contribution in [2.45, 2.75) is 327 Å². The van der Waals surface area contributed by atoms with E-state index in [1.165, 1.54) is 107 Å². The summed E-state index contributed by atoms with van der Waals surface area (Å²) in [5, 5.41) is 61.5. The van der Waals surface area contributed by atoms with Crippen molar-refractivity contribution in [3.63, 3.8) is 0 Å². The first-order valence-corrected chi connectivity index (χ1v) is 48.3. The van der Waals surface area contributed by atoms with Crippen LogP contribution in [-0.4, -0.2) is 230 Å². The van der Waals surface area contributed by atoms with E-state index in [0.717, 1.165) is 32.6 Å². The average Bonchev–Trinajstić information content (AvgIpc) is 1.73. The number of unbranched alkanes of at least 4 members (excludes halogenated alkanes) is 15. The molecule has 39 heteroatoms. The summed E-state index contributed by atoms with van der Waals surface area (Å²) >= 11 is 1.27. The van der Waals surface area contributed by atoms with Crippen LogP contribution in [0.1, 0.15) is 277 Å². The number of aliphatic carboxylic acids is 1. The fraction of sp³-hybridized carbons (Fsp3) is 0.717. The highest BCUT2D eigenvalue weighted by atomic mass is 32.2. The molecule has 0 saturated heterocycles. The minimum absolute atomic E-state index is 0.00329. The van der Waals surface area contributed by atoms with Crippen molar-refractivity contribution in [1.29, 1.82) is 0 Å². The van der Waals surface area contributed by atoms with E-state index in [1.54, 1.807) is 6.26 Å². The zero-order chi connectivity index (χ0) is 97.8. The monoisotopic (exact) mass is 1860 g/mol. The molecule has 0 aliphatic carbocycles. The Morgan fingerprint density at radius 3 is 1.37 bits per heavy atom. The Kier molecular flexibility index (Phi) is 61.0. The summed E-state index contributed by atoms with van der Waals surface area (Å²) in [6, 6.07) is -3.83. The molecule has 131 heavy (non-hydrogen) atoms. The second-order valence-electron chi connectivity index (χ2n) is 35.0. The quantitative estimate of drug-likeness (QED) is 0.0254. The molecule has 0 spiro atoms. The number of H-pyrrole nitrogens is 1. The molecule has 0 aliphatic heterocycles. The van der Waals surface area contributed by atoms with E-state index in [4.69, 9.17) is 45.9 Å². The molecule has 2 rings (SSSR count). The number of amides is 8. The average molecular weight is 1870 g/mol. The van der Waals surface area contributed by atoms with Crippen LogP contribution in [0.15, 0.2) is 46.8 Å². The molecule has 740 valence electrons. The van der Waals surface area contributed by atoms with Gasteiger partial charge < -0.3 is 108 Å². The summed E-state index contributed by atoms with van der Waals surface area (Å²) in [7, 11) is 0. The van der Waals surface area contributed by atoms with Gasteiger partial charge in [-0.05, 0) is 172 Å². The summed E-state index contributed by atoms with van der Waals surface area (Å²) in [6.07, 6.45) is 16.1. The van der Waals surface area contributed by atoms with Crippen molar-refractivity contribution in [2.24, 2.45) is 97.3 Å². The number of aliphatic hydroxyl groups excluding tert-OH is 2. The Morgan fingerprint density at radius 1 is 0.443 bits per heavy atom. The van der Waals surface area contributed by atoms with Crippen molar-refractivity contribution in [2.75, 3.05) is 51.3 Å². The van der Waals surface area contributed by atoms with Gasteiger partial charge in [-0.3, -0.25) is 81.9 Å². The van der Waals surface area contributed by atoms with E-state index >= 15 is 0 Å². The van der Waals surface area contributed by atoms with E-state index in [2.05, 4.69) is 64.1 Å². The first kappa shape index (κ1) is 117. The fourth-order valence-electron chi connectivity index (χ4n) is 15.4. The van der Waals surface area contributed by atoms with Gasteiger partial charge in [0.2, 0.25) is 47.3 Å². The second-order valence-corrected chi connectivity index (χ2v) is 36.0. The Labute approximate surface area is 776 Å². The molecule has 1 heterocycles. The van der Waals surface area contributed by atoms with Crippen LogP contribution in [0.3, 0.4) is 0 Å². The Balaban J connectivity index is 2.48. The van der Waals surface area contributed by atoms with Gasteiger partial charge in [0.15, 0.2) is 46.6 Å². The highest BCUT2D eigenvalue weighted by Gasteiger charge is 2.40. The van der Waals surface area contributed by atoms with Crippen LogP contribution in [0.25, 0.3) is 0 Å². The van der Waals surface area contributed by atoms with Gasteiger partial charge in [0.05, 0.1) is 79.5 Å². The molecular weight excluding hydrogens is 1710 g/mol. The van der Waals surface area contributed by atoms with Gasteiger partial charge in [-0.25, -0.2) is 4.98 Å². The lowest BCUT2D eigenvalue weighted by Gasteiger charge is -2.27. The number of nitrogens with zero attached hydrogens (tertiary/aromatic N) is 3. The molecule has 0 aliphatic rings. The van der Waals surface area contributed by atoms with E-state index < -0.39 is 205 Å². The summed E-state index contributed by atoms with van der Waals surface area (Å²) in [6.45, 7) is 8.29. The number of nitrogens with one attached hydrogen (secondary N) is 8. The van der Waals surface area contributed by atoms with E-state index in [1.807, 2.05) is 13.8 Å². The number of nitrogens with two attached hydrogens (primary N) is 8. The highest BCUT2D eigenvalue weighted by Crippen LogP contribution is 2.26. The molecule has 8 amide bonds. The number of phenols is 1. The first-order chi connectivity index (χ1) is 62.4. The summed E-state index contributed by atoms with van der Waals surface area (Å²) in [5.41, 5.74) is 46.6. The van der Waals surface area contributed by atoms with Gasteiger partial charge in [-0.2, -0.15) is 11.8 Å². The van der Waals surface area contributed by atoms with E-state index in [9.17, 15) is 92.3 Å². The lowest BCUT2D eigenvalue weighted by molar-refractivity contribution is -0.142. The number of carbonyl (C=O) groups is 15. The van der Waals surface area contributed by atoms with Crippen molar-refractivity contribution in [1.82, 2.24) is 47.2 Å². The molecule has 0 unspecified atom stereocenters. The molecule has 0 fully saturated rings. The molecule has 0 radical (unpaired) electrons. The number of hydrogen-bond acceptors (Lipinski definition) is 25. The third kappa shape index (κ3) is 51.1. The molecule has 2 aromatic rings. The van der Waals surface area contributed by atoms with Crippen molar-refractivity contribution < 1.29 is 92.3 Å². The Hall–Kier alpha value is -9.83. The molecule has 0 bridgehead atoms. The number of imidazole rings is 1. The first-order valence-electron chi connectivity index (χ1n) is 47.0. The SMILES string of the molecule is CCCCCCCCCCCCCCCC(=O)N[C@@H](CCCCN)C(=O)N[C@@H](CCCCN)C(=O)C[C@@H](CC(C)C)C(=O)N[C@@H](CCCN=C(N)N)C(=O)C[C@H](CO)C(=O)N[C@@H](CCSC)C(=O)C[C@H](C(=O)N[C@@H](CC(=O)O)C(=O)C[C@@H](CCCCN)C(=O)N[C@@H](Cc1ccc(O)cc1)C(=O)C[C@@H](CCCN=C(N)N)C(=O)N[C@@H](C)C(=O)C[C@@H](Cc1cnc[nH]1)C(N)=O)[C@@H](C)O. The predicted molar refractivity (Wildman–Crippen MR) is 503 cm³/mol. The number of carboxylic acids is 1. The number of hydrogen-bond donors (Lipinski definition) is 20. The summed E-state index contributed by atoms with van der Waals surface area (Å²) in [4.78, 5) is 227. The minimum atomic E-state index is -1.91. The molecule has 38 nitrogen and oxygen atoms in total. The number of carboxylic acid groups (broad SMARTS) is 1. The molecule has 28 N–H and O–H groups in total. The molecule has 1 aromatic heterocycles. The third-order valence-corrected chi connectivity index (χ3v) is 23.8. The second kappa shape index (κ2) is 68.2. The summed E-state index contributed by atoms with van der Waals surface area (Å²) in [5.74, 6) is -20.6. The topological polar surface area (TPSA) is 683 Å². The van der Waals surface area contributed by atoms with Crippen molar-refractivity contribution >= 4 is 112 Å². The number of thioether (sulfide) groups is 1. The van der Waals surface area contributed by atoms with Crippen LogP contribution >= 0.6 is 11.8 Å². The number of aromatic hydroxyl groups is 1. The Bertz CT molecular complexity index is 3850. The number of rotatable bonds is 79. The number of aromatic amines is 1. The number of ketones is 6. The van der Waals surface area contributed by atoms with Crippen LogP contribution in [-0.2, 0) is 84.8 Å². The molecular formula is C92H157N19O19S. The predicted octanol–water partition coefficient (Wildman–Crippen LogP) is 3.87. The smallest absolute Gasteiger partial charge is 0.305 e. The van der Waals surface area contributed by atoms with Crippen LogP contribution < -0.4 is 83.1 Å². The van der Waals surface area contributed by atoms with E-state index in [0.29, 0.717) is 62.9 Å².